The van der Waals surface area contributed by atoms with Crippen LogP contribution in [0.25, 0.3) is 6.08 Å². The maximum atomic E-state index is 12.4. The van der Waals surface area contributed by atoms with E-state index in [1.54, 1.807) is 0 Å². The van der Waals surface area contributed by atoms with Crippen LogP contribution in [0.15, 0.2) is 59.3 Å². The summed E-state index contributed by atoms with van der Waals surface area (Å²) in [6, 6.07) is 13.2. The van der Waals surface area contributed by atoms with Crippen molar-refractivity contribution in [2.24, 2.45) is 5.10 Å². The average molecular weight is 251 g/mol. The molecule has 19 heavy (non-hydrogen) atoms. The van der Waals surface area contributed by atoms with Crippen LogP contribution >= 0.6 is 0 Å². The van der Waals surface area contributed by atoms with Gasteiger partial charge in [0.05, 0.1) is 17.0 Å². The van der Waals surface area contributed by atoms with Gasteiger partial charge in [-0.25, -0.2) is 0 Å². The molecule has 0 spiro atoms. The topological polar surface area (TPSA) is 48.5 Å². The maximum absolute atomic E-state index is 12.4. The fourth-order valence-electron chi connectivity index (χ4n) is 2.02. The number of amides is 1. The number of carbonyl (C=O) groups is 1. The summed E-state index contributed by atoms with van der Waals surface area (Å²) in [5.74, 6) is -0.0988. The average Bonchev–Trinajstić information content (AvgIpc) is 3.03. The molecule has 0 atom stereocenters. The number of H-pyrrole nitrogens is 1. The van der Waals surface area contributed by atoms with E-state index in [4.69, 9.17) is 0 Å². The molecule has 0 fully saturated rings. The van der Waals surface area contributed by atoms with Crippen LogP contribution in [0, 0.1) is 0 Å². The van der Waals surface area contributed by atoms with Gasteiger partial charge in [0, 0.05) is 11.9 Å². The highest BCUT2D eigenvalue weighted by Gasteiger charge is 2.28. The van der Waals surface area contributed by atoms with Crippen molar-refractivity contribution in [1.29, 1.82) is 0 Å². The Bertz CT molecular complexity index is 654. The first kappa shape index (κ1) is 11.5. The van der Waals surface area contributed by atoms with Crippen molar-refractivity contribution in [1.82, 2.24) is 4.98 Å². The lowest BCUT2D eigenvalue weighted by molar-refractivity contribution is -0.114. The highest BCUT2D eigenvalue weighted by atomic mass is 16.2. The van der Waals surface area contributed by atoms with Gasteiger partial charge in [-0.3, -0.25) is 4.79 Å². The molecule has 3 rings (SSSR count). The van der Waals surface area contributed by atoms with Crippen molar-refractivity contribution in [3.05, 3.63) is 59.9 Å². The molecule has 1 N–H and O–H groups in total. The Balaban J connectivity index is 1.96. The van der Waals surface area contributed by atoms with Crippen LogP contribution in [0.5, 0.6) is 0 Å². The Kier molecular flexibility index (Phi) is 2.76. The minimum absolute atomic E-state index is 0.0988. The SMILES string of the molecule is CC1=NN(c2ccccc2)C(=O)/C1=C/c1ccc[nH]1. The van der Waals surface area contributed by atoms with Crippen molar-refractivity contribution < 1.29 is 4.79 Å². The molecule has 2 aromatic rings. The second-order valence-corrected chi connectivity index (χ2v) is 4.32. The molecule has 0 bridgehead atoms. The van der Waals surface area contributed by atoms with Crippen LogP contribution in [-0.4, -0.2) is 16.6 Å². The van der Waals surface area contributed by atoms with Crippen molar-refractivity contribution in [2.45, 2.75) is 6.92 Å². The molecule has 1 aliphatic heterocycles. The number of hydrazone groups is 1. The molecule has 0 saturated carbocycles. The normalized spacial score (nSPS) is 17.1. The van der Waals surface area contributed by atoms with E-state index in [1.165, 1.54) is 5.01 Å². The smallest absolute Gasteiger partial charge is 0.280 e. The minimum atomic E-state index is -0.0988. The number of aromatic amines is 1. The molecular weight excluding hydrogens is 238 g/mol. The first-order chi connectivity index (χ1) is 9.25. The number of aromatic nitrogens is 1. The Morgan fingerprint density at radius 3 is 2.63 bits per heavy atom. The number of nitrogens with one attached hydrogen (secondary N) is 1. The maximum Gasteiger partial charge on any atom is 0.280 e. The number of hydrogen-bond donors (Lipinski definition) is 1. The van der Waals surface area contributed by atoms with E-state index in [2.05, 4.69) is 10.1 Å². The summed E-state index contributed by atoms with van der Waals surface area (Å²) in [4.78, 5) is 15.4. The zero-order chi connectivity index (χ0) is 13.2. The minimum Gasteiger partial charge on any atom is -0.362 e. The Hall–Kier alpha value is -2.62. The lowest BCUT2D eigenvalue weighted by Crippen LogP contribution is -2.21. The number of hydrogen-bond acceptors (Lipinski definition) is 2. The van der Waals surface area contributed by atoms with Crippen LogP contribution in [0.3, 0.4) is 0 Å². The molecule has 0 saturated heterocycles. The van der Waals surface area contributed by atoms with Crippen LogP contribution in [-0.2, 0) is 4.79 Å². The van der Waals surface area contributed by atoms with E-state index in [9.17, 15) is 4.79 Å². The molecule has 2 heterocycles. The largest absolute Gasteiger partial charge is 0.362 e. The van der Waals surface area contributed by atoms with E-state index in [1.807, 2.05) is 61.7 Å². The number of benzene rings is 1. The molecule has 4 heteroatoms. The van der Waals surface area contributed by atoms with Crippen molar-refractivity contribution in [3.63, 3.8) is 0 Å². The second kappa shape index (κ2) is 4.57. The summed E-state index contributed by atoms with van der Waals surface area (Å²) >= 11 is 0. The monoisotopic (exact) mass is 251 g/mol. The van der Waals surface area contributed by atoms with Gasteiger partial charge in [0.2, 0.25) is 0 Å². The number of para-hydroxylation sites is 1. The molecule has 1 amide bonds. The number of nitrogens with zero attached hydrogens (tertiary/aromatic N) is 2. The molecule has 1 aromatic heterocycles. The van der Waals surface area contributed by atoms with E-state index in [0.717, 1.165) is 17.1 Å². The summed E-state index contributed by atoms with van der Waals surface area (Å²) in [6.45, 7) is 1.84. The van der Waals surface area contributed by atoms with Crippen molar-refractivity contribution in [2.75, 3.05) is 5.01 Å². The van der Waals surface area contributed by atoms with Gasteiger partial charge in [0.15, 0.2) is 0 Å². The van der Waals surface area contributed by atoms with Gasteiger partial charge < -0.3 is 4.98 Å². The van der Waals surface area contributed by atoms with Crippen LogP contribution in [0.1, 0.15) is 12.6 Å². The lowest BCUT2D eigenvalue weighted by atomic mass is 10.1. The van der Waals surface area contributed by atoms with Crippen molar-refractivity contribution >= 4 is 23.4 Å². The Labute approximate surface area is 111 Å². The van der Waals surface area contributed by atoms with E-state index >= 15 is 0 Å². The van der Waals surface area contributed by atoms with E-state index in [-0.39, 0.29) is 5.91 Å². The molecule has 0 radical (unpaired) electrons. The molecule has 1 aromatic carbocycles. The zero-order valence-electron chi connectivity index (χ0n) is 10.5. The molecule has 4 nitrogen and oxygen atoms in total. The van der Waals surface area contributed by atoms with Gasteiger partial charge in [-0.05, 0) is 37.3 Å². The van der Waals surface area contributed by atoms with Crippen LogP contribution < -0.4 is 5.01 Å². The van der Waals surface area contributed by atoms with Crippen LogP contribution in [0.4, 0.5) is 5.69 Å². The fraction of sp³-hybridized carbons (Fsp3) is 0.0667. The third-order valence-corrected chi connectivity index (χ3v) is 2.99. The van der Waals surface area contributed by atoms with Gasteiger partial charge in [-0.15, -0.1) is 0 Å². The molecule has 1 aliphatic rings. The molecule has 94 valence electrons. The summed E-state index contributed by atoms with van der Waals surface area (Å²) in [7, 11) is 0. The van der Waals surface area contributed by atoms with Crippen LogP contribution in [0.2, 0.25) is 0 Å². The summed E-state index contributed by atoms with van der Waals surface area (Å²) in [5, 5.41) is 5.75. The number of anilines is 1. The molecule has 0 unspecified atom stereocenters. The summed E-state index contributed by atoms with van der Waals surface area (Å²) in [5.41, 5.74) is 3.02. The predicted octanol–water partition coefficient (Wildman–Crippen LogP) is 2.82. The van der Waals surface area contributed by atoms with Gasteiger partial charge in [-0.2, -0.15) is 10.1 Å². The fourth-order valence-corrected chi connectivity index (χ4v) is 2.02. The van der Waals surface area contributed by atoms with Gasteiger partial charge in [0.25, 0.3) is 5.91 Å². The highest BCUT2D eigenvalue weighted by Crippen LogP contribution is 2.24. The van der Waals surface area contributed by atoms with Gasteiger partial charge in [0.1, 0.15) is 0 Å². The third kappa shape index (κ3) is 2.08. The molecule has 0 aliphatic carbocycles. The summed E-state index contributed by atoms with van der Waals surface area (Å²) < 4.78 is 0. The van der Waals surface area contributed by atoms with E-state index in [0.29, 0.717) is 5.57 Å². The summed E-state index contributed by atoms with van der Waals surface area (Å²) in [6.07, 6.45) is 3.65. The van der Waals surface area contributed by atoms with Gasteiger partial charge in [-0.1, -0.05) is 18.2 Å². The third-order valence-electron chi connectivity index (χ3n) is 2.99. The lowest BCUT2D eigenvalue weighted by Gasteiger charge is -2.10. The zero-order valence-corrected chi connectivity index (χ0v) is 10.5. The number of carbonyl (C=O) groups excluding carboxylic acids is 1. The second-order valence-electron chi connectivity index (χ2n) is 4.32. The Morgan fingerprint density at radius 1 is 1.16 bits per heavy atom. The Morgan fingerprint density at radius 2 is 1.95 bits per heavy atom. The first-order valence-electron chi connectivity index (χ1n) is 6.06. The standard InChI is InChI=1S/C15H13N3O/c1-11-14(10-12-6-5-9-16-12)15(19)18(17-11)13-7-3-2-4-8-13/h2-10,16H,1H3/b14-10+. The van der Waals surface area contributed by atoms with E-state index < -0.39 is 0 Å². The quantitative estimate of drug-likeness (QED) is 0.820. The number of rotatable bonds is 2. The predicted molar refractivity (Wildman–Crippen MR) is 75.8 cm³/mol. The van der Waals surface area contributed by atoms with Gasteiger partial charge >= 0.3 is 0 Å². The molecular formula is C15H13N3O. The van der Waals surface area contributed by atoms with Crippen molar-refractivity contribution in [3.8, 4) is 0 Å². The highest BCUT2D eigenvalue weighted by molar-refractivity contribution is 6.32. The first-order valence-corrected chi connectivity index (χ1v) is 6.06.